The van der Waals surface area contributed by atoms with Crippen molar-refractivity contribution in [2.24, 2.45) is 0 Å². The minimum Gasteiger partial charge on any atom is -0.748 e. The number of phenols is 2. The zero-order valence-corrected chi connectivity index (χ0v) is 12.2. The normalized spacial score (nSPS) is 14.2. The van der Waals surface area contributed by atoms with E-state index in [1.165, 1.54) is 6.07 Å². The summed E-state index contributed by atoms with van der Waals surface area (Å²) in [7, 11) is -1.06. The summed E-state index contributed by atoms with van der Waals surface area (Å²) in [6.45, 7) is 0.284. The van der Waals surface area contributed by atoms with Crippen molar-refractivity contribution < 1.29 is 32.8 Å². The first kappa shape index (κ1) is 16.7. The van der Waals surface area contributed by atoms with Crippen LogP contribution in [0.5, 0.6) is 11.5 Å². The maximum atomic E-state index is 10.6. The second-order valence-corrected chi connectivity index (χ2v) is 6.89. The lowest BCUT2D eigenvalue weighted by molar-refractivity contribution is -0.906. The molecule has 0 radical (unpaired) electrons. The van der Waals surface area contributed by atoms with E-state index in [1.807, 2.05) is 0 Å². The second-order valence-electron chi connectivity index (χ2n) is 5.44. The Balaban J connectivity index is 2.77. The molecule has 0 saturated heterocycles. The maximum Gasteiger partial charge on any atom is 0.166 e. The van der Waals surface area contributed by atoms with Gasteiger partial charge in [0, 0.05) is 0 Å². The van der Waals surface area contributed by atoms with Crippen LogP contribution < -0.4 is 0 Å². The lowest BCUT2D eigenvalue weighted by Gasteiger charge is -2.32. The van der Waals surface area contributed by atoms with Crippen LogP contribution in [0.15, 0.2) is 18.2 Å². The van der Waals surface area contributed by atoms with E-state index in [4.69, 9.17) is 0 Å². The fourth-order valence-corrected chi connectivity index (χ4v) is 2.67. The second kappa shape index (κ2) is 5.96. The van der Waals surface area contributed by atoms with Crippen molar-refractivity contribution >= 4 is 10.1 Å². The molecule has 1 atom stereocenters. The molecule has 1 unspecified atom stereocenters. The minimum atomic E-state index is -4.48. The van der Waals surface area contributed by atoms with Crippen LogP contribution in [0.25, 0.3) is 0 Å². The average molecular weight is 305 g/mol. The molecule has 114 valence electrons. The van der Waals surface area contributed by atoms with E-state index < -0.39 is 22.0 Å². The van der Waals surface area contributed by atoms with Gasteiger partial charge in [-0.25, -0.2) is 8.42 Å². The van der Waals surface area contributed by atoms with E-state index in [2.05, 4.69) is 0 Å². The molecule has 0 spiro atoms. The monoisotopic (exact) mass is 305 g/mol. The molecule has 0 aliphatic carbocycles. The first-order valence-corrected chi connectivity index (χ1v) is 7.51. The number of likely N-dealkylation sites (N-methyl/N-ethyl adjacent to an activating group) is 1. The lowest BCUT2D eigenvalue weighted by atomic mass is 10.1. The quantitative estimate of drug-likeness (QED) is 0.373. The van der Waals surface area contributed by atoms with Crippen molar-refractivity contribution in [3.05, 3.63) is 23.8 Å². The highest BCUT2D eigenvalue weighted by Gasteiger charge is 2.24. The van der Waals surface area contributed by atoms with Crippen molar-refractivity contribution in [3.63, 3.8) is 0 Å². The number of rotatable bonds is 6. The Morgan fingerprint density at radius 3 is 2.45 bits per heavy atom. The van der Waals surface area contributed by atoms with Crippen LogP contribution in [0.1, 0.15) is 5.56 Å². The Morgan fingerprint density at radius 1 is 1.30 bits per heavy atom. The van der Waals surface area contributed by atoms with Crippen molar-refractivity contribution in [1.82, 2.24) is 0 Å². The molecule has 3 N–H and O–H groups in total. The van der Waals surface area contributed by atoms with Crippen molar-refractivity contribution in [2.45, 2.75) is 12.6 Å². The summed E-state index contributed by atoms with van der Waals surface area (Å²) in [5.41, 5.74) is 0.465. The Labute approximate surface area is 118 Å². The van der Waals surface area contributed by atoms with Gasteiger partial charge in [-0.3, -0.25) is 0 Å². The summed E-state index contributed by atoms with van der Waals surface area (Å²) in [6, 6.07) is 4.53. The number of quaternary nitrogens is 1. The zero-order valence-electron chi connectivity index (χ0n) is 11.4. The standard InChI is InChI=1S/C12H19NO6S/c1-13(2,7-10(14)8-20(17,18)19)6-9-4-3-5-11(15)12(9)16/h3-5,10,14H,6-8H2,1-2H3,(H2-,15,16,17,18,19). The first-order chi connectivity index (χ1) is 9.00. The van der Waals surface area contributed by atoms with Crippen LogP contribution in [0.3, 0.4) is 0 Å². The molecule has 20 heavy (non-hydrogen) atoms. The van der Waals surface area contributed by atoms with Crippen LogP contribution >= 0.6 is 0 Å². The van der Waals surface area contributed by atoms with Gasteiger partial charge in [0.15, 0.2) is 11.5 Å². The van der Waals surface area contributed by atoms with E-state index in [1.54, 1.807) is 26.2 Å². The molecule has 0 fully saturated rings. The molecule has 1 aromatic rings. The van der Waals surface area contributed by atoms with Crippen LogP contribution in [0.2, 0.25) is 0 Å². The van der Waals surface area contributed by atoms with Gasteiger partial charge >= 0.3 is 0 Å². The highest BCUT2D eigenvalue weighted by Crippen LogP contribution is 2.30. The van der Waals surface area contributed by atoms with Gasteiger partial charge in [0.05, 0.1) is 35.5 Å². The molecule has 0 bridgehead atoms. The van der Waals surface area contributed by atoms with Crippen molar-refractivity contribution in [1.29, 1.82) is 0 Å². The topological polar surface area (TPSA) is 118 Å². The Morgan fingerprint density at radius 2 is 1.90 bits per heavy atom. The number of phenolic OH excluding ortho intramolecular Hbond substituents is 2. The van der Waals surface area contributed by atoms with E-state index in [-0.39, 0.29) is 29.1 Å². The molecular formula is C12H19NO6S. The highest BCUT2D eigenvalue weighted by atomic mass is 32.2. The summed E-state index contributed by atoms with van der Waals surface area (Å²) in [4.78, 5) is 0. The fourth-order valence-electron chi connectivity index (χ4n) is 2.09. The molecule has 0 saturated carbocycles. The van der Waals surface area contributed by atoms with Gasteiger partial charge in [0.1, 0.15) is 19.2 Å². The molecule has 8 heteroatoms. The third-order valence-electron chi connectivity index (χ3n) is 2.80. The number of benzene rings is 1. The number of aliphatic hydroxyl groups excluding tert-OH is 1. The van der Waals surface area contributed by atoms with Crippen LogP contribution in [0, 0.1) is 0 Å². The maximum absolute atomic E-state index is 10.6. The van der Waals surface area contributed by atoms with Gasteiger partial charge in [-0.15, -0.1) is 0 Å². The van der Waals surface area contributed by atoms with Gasteiger partial charge in [-0.05, 0) is 12.1 Å². The number of hydrogen-bond donors (Lipinski definition) is 3. The third-order valence-corrected chi connectivity index (χ3v) is 3.59. The third kappa shape index (κ3) is 5.33. The van der Waals surface area contributed by atoms with Crippen LogP contribution in [-0.2, 0) is 16.7 Å². The number of nitrogens with zero attached hydrogens (tertiary/aromatic N) is 1. The van der Waals surface area contributed by atoms with Crippen LogP contribution in [0.4, 0.5) is 0 Å². The van der Waals surface area contributed by atoms with Gasteiger partial charge in [-0.2, -0.15) is 0 Å². The Kier molecular flexibility index (Phi) is 4.98. The van der Waals surface area contributed by atoms with Gasteiger partial charge in [0.2, 0.25) is 0 Å². The molecule has 0 heterocycles. The van der Waals surface area contributed by atoms with Gasteiger partial charge in [-0.1, -0.05) is 6.07 Å². The molecule has 1 rings (SSSR count). The molecule has 1 aromatic carbocycles. The molecule has 0 aliphatic rings. The predicted molar refractivity (Wildman–Crippen MR) is 71.0 cm³/mol. The van der Waals surface area contributed by atoms with Crippen molar-refractivity contribution in [3.8, 4) is 11.5 Å². The SMILES string of the molecule is C[N+](C)(Cc1cccc(O)c1O)CC(O)CS(=O)(=O)[O-]. The zero-order chi connectivity index (χ0) is 15.6. The number of aliphatic hydroxyl groups is 1. The van der Waals surface area contributed by atoms with Crippen LogP contribution in [-0.4, -0.2) is 65.3 Å². The van der Waals surface area contributed by atoms with E-state index in [0.29, 0.717) is 5.56 Å². The summed E-state index contributed by atoms with van der Waals surface area (Å²) in [6.07, 6.45) is -1.29. The van der Waals surface area contributed by atoms with E-state index in [0.717, 1.165) is 0 Å². The minimum absolute atomic E-state index is 0.0244. The summed E-state index contributed by atoms with van der Waals surface area (Å²) >= 11 is 0. The fraction of sp³-hybridized carbons (Fsp3) is 0.500. The smallest absolute Gasteiger partial charge is 0.166 e. The Hall–Kier alpha value is -1.35. The summed E-state index contributed by atoms with van der Waals surface area (Å²) in [5.74, 6) is -1.34. The van der Waals surface area contributed by atoms with Gasteiger partial charge in [0.25, 0.3) is 0 Å². The number of hydrogen-bond acceptors (Lipinski definition) is 6. The Bertz CT molecular complexity index is 569. The largest absolute Gasteiger partial charge is 0.748 e. The molecule has 0 amide bonds. The van der Waals surface area contributed by atoms with Crippen molar-refractivity contribution in [2.75, 3.05) is 26.4 Å². The summed E-state index contributed by atoms with van der Waals surface area (Å²) < 4.78 is 31.9. The molecule has 0 aromatic heterocycles. The number of aromatic hydroxyl groups is 2. The van der Waals surface area contributed by atoms with E-state index >= 15 is 0 Å². The number of para-hydroxylation sites is 1. The highest BCUT2D eigenvalue weighted by molar-refractivity contribution is 7.85. The molecular weight excluding hydrogens is 286 g/mol. The first-order valence-electron chi connectivity index (χ1n) is 5.94. The average Bonchev–Trinajstić information content (AvgIpc) is 2.20. The lowest BCUT2D eigenvalue weighted by Crippen LogP contribution is -2.46. The molecule has 7 nitrogen and oxygen atoms in total. The predicted octanol–water partition coefficient (Wildman–Crippen LogP) is -0.420. The van der Waals surface area contributed by atoms with E-state index in [9.17, 15) is 28.3 Å². The molecule has 0 aliphatic heterocycles. The summed E-state index contributed by atoms with van der Waals surface area (Å²) in [5, 5.41) is 28.7. The van der Waals surface area contributed by atoms with Gasteiger partial charge < -0.3 is 24.4 Å².